The van der Waals surface area contributed by atoms with Crippen molar-refractivity contribution < 1.29 is 8.42 Å². The third-order valence-corrected chi connectivity index (χ3v) is 4.77. The number of nitrogens with two attached hydrogens (primary N) is 1. The summed E-state index contributed by atoms with van der Waals surface area (Å²) in [6.45, 7) is 3.20. The van der Waals surface area contributed by atoms with Crippen LogP contribution in [0.15, 0.2) is 41.8 Å². The maximum atomic E-state index is 12.3. The molecule has 2 aromatic rings. The summed E-state index contributed by atoms with van der Waals surface area (Å²) in [6, 6.07) is 5.10. The van der Waals surface area contributed by atoms with Crippen LogP contribution in [0.3, 0.4) is 0 Å². The summed E-state index contributed by atoms with van der Waals surface area (Å²) in [7, 11) is -3.51. The molecule has 0 aliphatic rings. The number of aromatic nitrogens is 2. The zero-order chi connectivity index (χ0) is 15.3. The van der Waals surface area contributed by atoms with Gasteiger partial charge < -0.3 is 10.3 Å². The minimum atomic E-state index is -3.51. The first-order valence-electron chi connectivity index (χ1n) is 6.84. The van der Waals surface area contributed by atoms with Gasteiger partial charge in [0, 0.05) is 32.0 Å². The molecule has 1 heterocycles. The smallest absolute Gasteiger partial charge is 0.240 e. The van der Waals surface area contributed by atoms with Crippen LogP contribution >= 0.6 is 0 Å². The summed E-state index contributed by atoms with van der Waals surface area (Å²) in [4.78, 5) is 4.16. The fourth-order valence-electron chi connectivity index (χ4n) is 2.12. The number of hydrogen-bond donors (Lipinski definition) is 2. The van der Waals surface area contributed by atoms with Crippen molar-refractivity contribution in [1.82, 2.24) is 14.3 Å². The molecule has 7 heteroatoms. The van der Waals surface area contributed by atoms with E-state index in [1.807, 2.05) is 17.6 Å². The van der Waals surface area contributed by atoms with Crippen molar-refractivity contribution in [2.24, 2.45) is 5.73 Å². The van der Waals surface area contributed by atoms with Gasteiger partial charge in [0.15, 0.2) is 0 Å². The van der Waals surface area contributed by atoms with E-state index >= 15 is 0 Å². The molecule has 0 spiro atoms. The van der Waals surface area contributed by atoms with Gasteiger partial charge in [0.1, 0.15) is 0 Å². The minimum absolute atomic E-state index is 0.255. The molecule has 0 aliphatic heterocycles. The Balaban J connectivity index is 2.08. The molecule has 114 valence electrons. The highest BCUT2D eigenvalue weighted by Crippen LogP contribution is 2.16. The second-order valence-electron chi connectivity index (χ2n) is 4.69. The molecule has 6 nitrogen and oxygen atoms in total. The molecule has 0 fully saturated rings. The van der Waals surface area contributed by atoms with Crippen LogP contribution in [0.5, 0.6) is 0 Å². The van der Waals surface area contributed by atoms with Crippen molar-refractivity contribution in [3.8, 4) is 0 Å². The van der Waals surface area contributed by atoms with Gasteiger partial charge in [0.2, 0.25) is 10.0 Å². The average molecular weight is 308 g/mol. The first kappa shape index (κ1) is 15.7. The Morgan fingerprint density at radius 1 is 1.33 bits per heavy atom. The minimum Gasteiger partial charge on any atom is -0.336 e. The maximum Gasteiger partial charge on any atom is 0.240 e. The van der Waals surface area contributed by atoms with Gasteiger partial charge >= 0.3 is 0 Å². The number of aryl methyl sites for hydroxylation is 1. The molecule has 0 saturated heterocycles. The van der Waals surface area contributed by atoms with Gasteiger partial charge in [-0.05, 0) is 29.7 Å². The van der Waals surface area contributed by atoms with Crippen LogP contribution in [0.1, 0.15) is 18.1 Å². The summed E-state index contributed by atoms with van der Waals surface area (Å²) >= 11 is 0. The first-order valence-corrected chi connectivity index (χ1v) is 8.32. The number of nitrogens with one attached hydrogen (secondary N) is 1. The third kappa shape index (κ3) is 3.90. The van der Waals surface area contributed by atoms with Crippen molar-refractivity contribution in [2.75, 3.05) is 6.54 Å². The molecular formula is C14H20N4O2S. The van der Waals surface area contributed by atoms with Crippen molar-refractivity contribution in [3.05, 3.63) is 48.0 Å². The Kier molecular flexibility index (Phi) is 5.11. The van der Waals surface area contributed by atoms with Crippen molar-refractivity contribution in [3.63, 3.8) is 0 Å². The Morgan fingerprint density at radius 3 is 2.76 bits per heavy atom. The second-order valence-corrected chi connectivity index (χ2v) is 6.45. The van der Waals surface area contributed by atoms with Crippen molar-refractivity contribution in [1.29, 1.82) is 0 Å². The summed E-state index contributed by atoms with van der Waals surface area (Å²) in [6.07, 6.45) is 5.93. The fraction of sp³-hybridized carbons (Fsp3) is 0.357. The highest BCUT2D eigenvalue weighted by Gasteiger charge is 2.14. The molecular weight excluding hydrogens is 288 g/mol. The van der Waals surface area contributed by atoms with Crippen LogP contribution in [-0.2, 0) is 29.5 Å². The largest absolute Gasteiger partial charge is 0.336 e. The van der Waals surface area contributed by atoms with E-state index in [4.69, 9.17) is 5.73 Å². The van der Waals surface area contributed by atoms with E-state index in [-0.39, 0.29) is 4.90 Å². The Labute approximate surface area is 125 Å². The maximum absolute atomic E-state index is 12.3. The summed E-state index contributed by atoms with van der Waals surface area (Å²) < 4.78 is 28.9. The summed E-state index contributed by atoms with van der Waals surface area (Å²) in [5.74, 6) is 0. The van der Waals surface area contributed by atoms with E-state index in [1.54, 1.807) is 30.9 Å². The lowest BCUT2D eigenvalue weighted by atomic mass is 10.1. The molecule has 0 bridgehead atoms. The molecule has 2 rings (SSSR count). The number of hydrogen-bond acceptors (Lipinski definition) is 4. The van der Waals surface area contributed by atoms with Crippen molar-refractivity contribution in [2.45, 2.75) is 31.3 Å². The Hall–Kier alpha value is -1.70. The van der Waals surface area contributed by atoms with E-state index in [0.717, 1.165) is 17.5 Å². The van der Waals surface area contributed by atoms with Gasteiger partial charge in [-0.3, -0.25) is 0 Å². The zero-order valence-electron chi connectivity index (χ0n) is 12.0. The average Bonchev–Trinajstić information content (AvgIpc) is 2.99. The van der Waals surface area contributed by atoms with E-state index < -0.39 is 10.0 Å². The van der Waals surface area contributed by atoms with E-state index in [0.29, 0.717) is 19.6 Å². The van der Waals surface area contributed by atoms with E-state index in [2.05, 4.69) is 9.71 Å². The van der Waals surface area contributed by atoms with Crippen molar-refractivity contribution >= 4 is 10.0 Å². The molecule has 0 amide bonds. The summed E-state index contributed by atoms with van der Waals surface area (Å²) in [5.41, 5.74) is 7.63. The molecule has 1 aromatic heterocycles. The Bertz CT molecular complexity index is 681. The molecule has 1 aromatic carbocycles. The Morgan fingerprint density at radius 2 is 2.14 bits per heavy atom. The van der Waals surface area contributed by atoms with Gasteiger partial charge in [-0.25, -0.2) is 18.1 Å². The molecule has 0 aliphatic carbocycles. The van der Waals surface area contributed by atoms with Crippen LogP contribution in [0.4, 0.5) is 0 Å². The monoisotopic (exact) mass is 308 g/mol. The van der Waals surface area contributed by atoms with Gasteiger partial charge in [-0.1, -0.05) is 13.0 Å². The summed E-state index contributed by atoms with van der Waals surface area (Å²) in [5, 5.41) is 0. The predicted molar refractivity (Wildman–Crippen MR) is 81.1 cm³/mol. The molecule has 21 heavy (non-hydrogen) atoms. The fourth-order valence-corrected chi connectivity index (χ4v) is 3.19. The first-order chi connectivity index (χ1) is 10.1. The quantitative estimate of drug-likeness (QED) is 0.794. The number of nitrogens with zero attached hydrogens (tertiary/aromatic N) is 2. The van der Waals surface area contributed by atoms with Gasteiger partial charge in [-0.15, -0.1) is 0 Å². The SMILES string of the molecule is CCc1ccc(S(=O)(=O)NCCn2ccnc2)cc1CN. The standard InChI is InChI=1S/C14H20N4O2S/c1-2-12-3-4-14(9-13(12)10-15)21(19,20)17-6-8-18-7-5-16-11-18/h3-5,7,9,11,17H,2,6,8,10,15H2,1H3. The lowest BCUT2D eigenvalue weighted by molar-refractivity contribution is 0.572. The number of rotatable bonds is 7. The van der Waals surface area contributed by atoms with Gasteiger partial charge in [0.05, 0.1) is 11.2 Å². The lowest BCUT2D eigenvalue weighted by Gasteiger charge is -2.11. The molecule has 0 saturated carbocycles. The molecule has 3 N–H and O–H groups in total. The lowest BCUT2D eigenvalue weighted by Crippen LogP contribution is -2.27. The molecule has 0 atom stereocenters. The predicted octanol–water partition coefficient (Wildman–Crippen LogP) is 0.883. The second kappa shape index (κ2) is 6.84. The third-order valence-electron chi connectivity index (χ3n) is 3.31. The molecule has 0 unspecified atom stereocenters. The van der Waals surface area contributed by atoms with Gasteiger partial charge in [-0.2, -0.15) is 0 Å². The van der Waals surface area contributed by atoms with Crippen LogP contribution < -0.4 is 10.5 Å². The molecule has 0 radical (unpaired) electrons. The highest BCUT2D eigenvalue weighted by atomic mass is 32.2. The number of sulfonamides is 1. The van der Waals surface area contributed by atoms with Crippen LogP contribution in [0.25, 0.3) is 0 Å². The van der Waals surface area contributed by atoms with Crippen LogP contribution in [0, 0.1) is 0 Å². The van der Waals surface area contributed by atoms with Crippen LogP contribution in [-0.4, -0.2) is 24.5 Å². The van der Waals surface area contributed by atoms with E-state index in [9.17, 15) is 8.42 Å². The topological polar surface area (TPSA) is 90.0 Å². The van der Waals surface area contributed by atoms with E-state index in [1.165, 1.54) is 0 Å². The van der Waals surface area contributed by atoms with Crippen LogP contribution in [0.2, 0.25) is 0 Å². The van der Waals surface area contributed by atoms with Gasteiger partial charge in [0.25, 0.3) is 0 Å². The zero-order valence-corrected chi connectivity index (χ0v) is 12.8. The number of benzene rings is 1. The number of imidazole rings is 1. The highest BCUT2D eigenvalue weighted by molar-refractivity contribution is 7.89. The normalized spacial score (nSPS) is 11.7.